The molecule has 1 atom stereocenters. The molecule has 5 nitrogen and oxygen atoms in total. The summed E-state index contributed by atoms with van der Waals surface area (Å²) < 4.78 is 22.8. The maximum Gasteiger partial charge on any atom is 0.238 e. The van der Waals surface area contributed by atoms with Crippen molar-refractivity contribution in [3.05, 3.63) is 64.7 Å². The predicted molar refractivity (Wildman–Crippen MR) is 89.5 cm³/mol. The number of amides is 1. The van der Waals surface area contributed by atoms with E-state index in [1.54, 1.807) is 43.3 Å². The Morgan fingerprint density at radius 2 is 1.87 bits per heavy atom. The molecule has 0 aromatic heterocycles. The molecule has 0 aliphatic rings. The smallest absolute Gasteiger partial charge is 0.238 e. The number of sulfonamides is 1. The van der Waals surface area contributed by atoms with Crippen molar-refractivity contribution >= 4 is 27.5 Å². The summed E-state index contributed by atoms with van der Waals surface area (Å²) in [5.74, 6) is -0.166. The molecule has 2 rings (SSSR count). The fourth-order valence-corrected chi connectivity index (χ4v) is 2.82. The van der Waals surface area contributed by atoms with Crippen molar-refractivity contribution in [3.8, 4) is 0 Å². The zero-order valence-electron chi connectivity index (χ0n) is 12.5. The number of carbonyl (C=O) groups is 1. The Kier molecular flexibility index (Phi) is 5.41. The van der Waals surface area contributed by atoms with Crippen molar-refractivity contribution in [3.63, 3.8) is 0 Å². The minimum Gasteiger partial charge on any atom is -0.349 e. The first-order valence-electron chi connectivity index (χ1n) is 6.92. The van der Waals surface area contributed by atoms with E-state index in [1.807, 2.05) is 0 Å². The van der Waals surface area contributed by atoms with Crippen LogP contribution in [0.4, 0.5) is 0 Å². The summed E-state index contributed by atoms with van der Waals surface area (Å²) in [5, 5.41) is 8.56. The number of hydrogen-bond donors (Lipinski definition) is 2. The molecule has 0 spiro atoms. The molecule has 0 bridgehead atoms. The molecule has 0 unspecified atom stereocenters. The number of nitrogens with two attached hydrogens (primary N) is 1. The molecule has 1 amide bonds. The van der Waals surface area contributed by atoms with Gasteiger partial charge in [-0.25, -0.2) is 13.6 Å². The second-order valence-corrected chi connectivity index (χ2v) is 7.21. The number of benzene rings is 2. The standard InChI is InChI=1S/C16H17ClN2O3S/c1-11(13-3-2-4-15(10-13)23(18,21)22)19-16(20)9-12-5-7-14(17)8-6-12/h2-8,10-11H,9H2,1H3,(H,19,20)(H2,18,21,22)/t11-/m0/s1. The van der Waals surface area contributed by atoms with Gasteiger partial charge in [0.1, 0.15) is 0 Å². The highest BCUT2D eigenvalue weighted by Crippen LogP contribution is 2.17. The van der Waals surface area contributed by atoms with E-state index in [0.717, 1.165) is 5.56 Å². The average Bonchev–Trinajstić information content (AvgIpc) is 2.49. The van der Waals surface area contributed by atoms with E-state index in [2.05, 4.69) is 5.32 Å². The van der Waals surface area contributed by atoms with Crippen LogP contribution in [-0.2, 0) is 21.2 Å². The van der Waals surface area contributed by atoms with Crippen LogP contribution in [0.1, 0.15) is 24.1 Å². The lowest BCUT2D eigenvalue weighted by atomic mass is 10.1. The molecule has 0 aliphatic heterocycles. The lowest BCUT2D eigenvalue weighted by Crippen LogP contribution is -2.28. The van der Waals surface area contributed by atoms with Gasteiger partial charge < -0.3 is 5.32 Å². The second-order valence-electron chi connectivity index (χ2n) is 5.21. The summed E-state index contributed by atoms with van der Waals surface area (Å²) in [4.78, 5) is 12.1. The van der Waals surface area contributed by atoms with Crippen LogP contribution in [0.25, 0.3) is 0 Å². The number of nitrogens with one attached hydrogen (secondary N) is 1. The van der Waals surface area contributed by atoms with Gasteiger partial charge in [0.25, 0.3) is 0 Å². The zero-order chi connectivity index (χ0) is 17.0. The normalized spacial score (nSPS) is 12.7. The third-order valence-electron chi connectivity index (χ3n) is 3.34. The van der Waals surface area contributed by atoms with E-state index >= 15 is 0 Å². The molecule has 0 radical (unpaired) electrons. The van der Waals surface area contributed by atoms with Crippen molar-refractivity contribution < 1.29 is 13.2 Å². The highest BCUT2D eigenvalue weighted by molar-refractivity contribution is 7.89. The van der Waals surface area contributed by atoms with Gasteiger partial charge in [-0.05, 0) is 42.3 Å². The summed E-state index contributed by atoms with van der Waals surface area (Å²) >= 11 is 5.80. The minimum absolute atomic E-state index is 0.0220. The highest BCUT2D eigenvalue weighted by Gasteiger charge is 2.13. The van der Waals surface area contributed by atoms with Gasteiger partial charge in [-0.15, -0.1) is 0 Å². The third kappa shape index (κ3) is 5.06. The van der Waals surface area contributed by atoms with E-state index in [4.69, 9.17) is 16.7 Å². The van der Waals surface area contributed by atoms with Crippen LogP contribution in [0.2, 0.25) is 5.02 Å². The second kappa shape index (κ2) is 7.12. The van der Waals surface area contributed by atoms with Crippen molar-refractivity contribution in [1.82, 2.24) is 5.32 Å². The summed E-state index contributed by atoms with van der Waals surface area (Å²) in [6, 6.07) is 12.9. The molecule has 0 heterocycles. The van der Waals surface area contributed by atoms with E-state index in [0.29, 0.717) is 10.6 Å². The monoisotopic (exact) mass is 352 g/mol. The Morgan fingerprint density at radius 3 is 2.48 bits per heavy atom. The highest BCUT2D eigenvalue weighted by atomic mass is 35.5. The Labute approximate surface area is 140 Å². The number of halogens is 1. The maximum atomic E-state index is 12.1. The Balaban J connectivity index is 2.05. The number of rotatable bonds is 5. The first kappa shape index (κ1) is 17.5. The van der Waals surface area contributed by atoms with Crippen molar-refractivity contribution in [2.24, 2.45) is 5.14 Å². The fourth-order valence-electron chi connectivity index (χ4n) is 2.12. The van der Waals surface area contributed by atoms with E-state index in [-0.39, 0.29) is 23.3 Å². The Bertz CT molecular complexity index is 804. The molecule has 3 N–H and O–H groups in total. The van der Waals surface area contributed by atoms with Crippen LogP contribution in [0.5, 0.6) is 0 Å². The SMILES string of the molecule is C[C@H](NC(=O)Cc1ccc(Cl)cc1)c1cccc(S(N)(=O)=O)c1. The first-order chi connectivity index (χ1) is 10.8. The first-order valence-corrected chi connectivity index (χ1v) is 8.85. The summed E-state index contributed by atoms with van der Waals surface area (Å²) in [6.07, 6.45) is 0.219. The van der Waals surface area contributed by atoms with Gasteiger partial charge in [0.15, 0.2) is 0 Å². The molecule has 23 heavy (non-hydrogen) atoms. The molecule has 0 saturated heterocycles. The summed E-state index contributed by atoms with van der Waals surface area (Å²) in [5.41, 5.74) is 1.51. The topological polar surface area (TPSA) is 89.3 Å². The number of carbonyl (C=O) groups excluding carboxylic acids is 1. The van der Waals surface area contributed by atoms with Gasteiger partial charge in [-0.1, -0.05) is 35.9 Å². The van der Waals surface area contributed by atoms with Crippen LogP contribution in [-0.4, -0.2) is 14.3 Å². The Morgan fingerprint density at radius 1 is 1.22 bits per heavy atom. The minimum atomic E-state index is -3.77. The van der Waals surface area contributed by atoms with Crippen molar-refractivity contribution in [2.45, 2.75) is 24.3 Å². The molecule has 2 aromatic carbocycles. The lowest BCUT2D eigenvalue weighted by Gasteiger charge is -2.15. The number of hydrogen-bond acceptors (Lipinski definition) is 3. The largest absolute Gasteiger partial charge is 0.349 e. The fraction of sp³-hybridized carbons (Fsp3) is 0.188. The van der Waals surface area contributed by atoms with Crippen molar-refractivity contribution in [2.75, 3.05) is 0 Å². The molecule has 2 aromatic rings. The molecular weight excluding hydrogens is 336 g/mol. The third-order valence-corrected chi connectivity index (χ3v) is 4.51. The zero-order valence-corrected chi connectivity index (χ0v) is 14.1. The average molecular weight is 353 g/mol. The van der Waals surface area contributed by atoms with Gasteiger partial charge in [0, 0.05) is 5.02 Å². The molecule has 0 aliphatic carbocycles. The van der Waals surface area contributed by atoms with E-state index in [1.165, 1.54) is 12.1 Å². The number of primary sulfonamides is 1. The van der Waals surface area contributed by atoms with E-state index < -0.39 is 10.0 Å². The summed E-state index contributed by atoms with van der Waals surface area (Å²) in [7, 11) is -3.77. The maximum absolute atomic E-state index is 12.1. The molecule has 0 fully saturated rings. The van der Waals surface area contributed by atoms with Crippen molar-refractivity contribution in [1.29, 1.82) is 0 Å². The van der Waals surface area contributed by atoms with Crippen LogP contribution in [0.15, 0.2) is 53.4 Å². The lowest BCUT2D eigenvalue weighted by molar-refractivity contribution is -0.121. The molecular formula is C16H17ClN2O3S. The molecule has 0 saturated carbocycles. The van der Waals surface area contributed by atoms with Gasteiger partial charge in [-0.3, -0.25) is 4.79 Å². The van der Waals surface area contributed by atoms with Gasteiger partial charge >= 0.3 is 0 Å². The van der Waals surface area contributed by atoms with Crippen LogP contribution >= 0.6 is 11.6 Å². The van der Waals surface area contributed by atoms with Gasteiger partial charge in [0.2, 0.25) is 15.9 Å². The van der Waals surface area contributed by atoms with Crippen LogP contribution in [0, 0.1) is 0 Å². The molecule has 122 valence electrons. The van der Waals surface area contributed by atoms with Crippen LogP contribution in [0.3, 0.4) is 0 Å². The Hall–Kier alpha value is -1.89. The van der Waals surface area contributed by atoms with E-state index in [9.17, 15) is 13.2 Å². The predicted octanol–water partition coefficient (Wildman–Crippen LogP) is 2.41. The van der Waals surface area contributed by atoms with Gasteiger partial charge in [0.05, 0.1) is 17.4 Å². The van der Waals surface area contributed by atoms with Gasteiger partial charge in [-0.2, -0.15) is 0 Å². The van der Waals surface area contributed by atoms with Crippen LogP contribution < -0.4 is 10.5 Å². The summed E-state index contributed by atoms with van der Waals surface area (Å²) in [6.45, 7) is 1.78. The molecule has 7 heteroatoms. The quantitative estimate of drug-likeness (QED) is 0.865.